The molecule has 2 rings (SSSR count). The van der Waals surface area contributed by atoms with Gasteiger partial charge in [0.25, 0.3) is 0 Å². The molecule has 0 unspecified atom stereocenters. The van der Waals surface area contributed by atoms with Crippen LogP contribution in [0.2, 0.25) is 5.02 Å². The Balaban J connectivity index is 2.49. The molecular weight excluding hydrogens is 229 g/mol. The second-order valence-corrected chi connectivity index (χ2v) is 3.61. The highest BCUT2D eigenvalue weighted by molar-refractivity contribution is 6.30. The highest BCUT2D eigenvalue weighted by Crippen LogP contribution is 2.23. The van der Waals surface area contributed by atoms with Crippen molar-refractivity contribution in [2.45, 2.75) is 0 Å². The maximum Gasteiger partial charge on any atom is 0.222 e. The van der Waals surface area contributed by atoms with Crippen molar-refractivity contribution >= 4 is 17.5 Å². The molecule has 82 valence electrons. The van der Waals surface area contributed by atoms with E-state index in [1.54, 1.807) is 25.4 Å². The Morgan fingerprint density at radius 1 is 1.31 bits per heavy atom. The van der Waals surface area contributed by atoms with Gasteiger partial charge < -0.3 is 5.32 Å². The molecule has 0 bridgehead atoms. The van der Waals surface area contributed by atoms with Gasteiger partial charge in [-0.1, -0.05) is 11.6 Å². The highest BCUT2D eigenvalue weighted by atomic mass is 35.5. The molecule has 0 amide bonds. The molecule has 0 saturated heterocycles. The van der Waals surface area contributed by atoms with E-state index in [9.17, 15) is 4.39 Å². The lowest BCUT2D eigenvalue weighted by Gasteiger charge is -2.04. The molecule has 0 saturated carbocycles. The Morgan fingerprint density at radius 2 is 2.12 bits per heavy atom. The zero-order chi connectivity index (χ0) is 11.5. The van der Waals surface area contributed by atoms with Crippen molar-refractivity contribution in [1.29, 1.82) is 0 Å². The summed E-state index contributed by atoms with van der Waals surface area (Å²) in [5.41, 5.74) is 1.25. The van der Waals surface area contributed by atoms with Crippen LogP contribution in [0.4, 0.5) is 10.3 Å². The Labute approximate surface area is 97.3 Å². The number of aromatic nitrogens is 2. The molecule has 1 aromatic carbocycles. The minimum atomic E-state index is -0.382. The summed E-state index contributed by atoms with van der Waals surface area (Å²) in [5, 5.41) is 3.16. The molecule has 1 heterocycles. The zero-order valence-electron chi connectivity index (χ0n) is 8.54. The fraction of sp³-hybridized carbons (Fsp3) is 0.0909. The SMILES string of the molecule is CNc1nccc(-c2cc(F)cc(Cl)c2)n1. The van der Waals surface area contributed by atoms with Crippen LogP contribution in [0, 0.1) is 5.82 Å². The van der Waals surface area contributed by atoms with Gasteiger partial charge in [0.15, 0.2) is 0 Å². The normalized spacial score (nSPS) is 10.2. The summed E-state index contributed by atoms with van der Waals surface area (Å²) in [7, 11) is 1.72. The van der Waals surface area contributed by atoms with Gasteiger partial charge in [-0.3, -0.25) is 0 Å². The van der Waals surface area contributed by atoms with Crippen LogP contribution in [0.1, 0.15) is 0 Å². The molecule has 16 heavy (non-hydrogen) atoms. The molecular formula is C11H9ClFN3. The second kappa shape index (κ2) is 4.45. The van der Waals surface area contributed by atoms with Crippen LogP contribution in [0.5, 0.6) is 0 Å². The summed E-state index contributed by atoms with van der Waals surface area (Å²) in [5.74, 6) is 0.102. The first-order valence-electron chi connectivity index (χ1n) is 4.66. The van der Waals surface area contributed by atoms with Crippen molar-refractivity contribution in [1.82, 2.24) is 9.97 Å². The summed E-state index contributed by atoms with van der Waals surface area (Å²) >= 11 is 5.77. The number of nitrogens with zero attached hydrogens (tertiary/aromatic N) is 2. The van der Waals surface area contributed by atoms with E-state index in [0.29, 0.717) is 22.2 Å². The van der Waals surface area contributed by atoms with Crippen LogP contribution in [-0.4, -0.2) is 17.0 Å². The Kier molecular flexibility index (Phi) is 3.01. The van der Waals surface area contributed by atoms with Gasteiger partial charge in [-0.25, -0.2) is 14.4 Å². The number of hydrogen-bond acceptors (Lipinski definition) is 3. The van der Waals surface area contributed by atoms with Gasteiger partial charge in [0.05, 0.1) is 5.69 Å². The average molecular weight is 238 g/mol. The predicted molar refractivity (Wildman–Crippen MR) is 62.0 cm³/mol. The summed E-state index contributed by atoms with van der Waals surface area (Å²) < 4.78 is 13.2. The van der Waals surface area contributed by atoms with Gasteiger partial charge in [0.1, 0.15) is 5.82 Å². The third kappa shape index (κ3) is 2.28. The number of anilines is 1. The molecule has 5 heteroatoms. The minimum absolute atomic E-state index is 0.347. The van der Waals surface area contributed by atoms with E-state index in [4.69, 9.17) is 11.6 Å². The third-order valence-corrected chi connectivity index (χ3v) is 2.26. The standard InChI is InChI=1S/C11H9ClFN3/c1-14-11-15-3-2-10(16-11)7-4-8(12)6-9(13)5-7/h2-6H,1H3,(H,14,15,16). The van der Waals surface area contributed by atoms with Gasteiger partial charge in [-0.2, -0.15) is 0 Å². The summed E-state index contributed by atoms with van der Waals surface area (Å²) in [6.45, 7) is 0. The van der Waals surface area contributed by atoms with E-state index >= 15 is 0 Å². The minimum Gasteiger partial charge on any atom is -0.357 e. The van der Waals surface area contributed by atoms with Crippen LogP contribution < -0.4 is 5.32 Å². The smallest absolute Gasteiger partial charge is 0.222 e. The van der Waals surface area contributed by atoms with E-state index in [1.807, 2.05) is 0 Å². The maximum atomic E-state index is 13.2. The first-order chi connectivity index (χ1) is 7.69. The molecule has 1 aromatic heterocycles. The average Bonchev–Trinajstić information content (AvgIpc) is 2.28. The van der Waals surface area contributed by atoms with Crippen molar-refractivity contribution in [3.63, 3.8) is 0 Å². The van der Waals surface area contributed by atoms with Crippen molar-refractivity contribution in [2.24, 2.45) is 0 Å². The fourth-order valence-corrected chi connectivity index (χ4v) is 1.56. The number of hydrogen-bond donors (Lipinski definition) is 1. The van der Waals surface area contributed by atoms with E-state index in [-0.39, 0.29) is 5.82 Å². The van der Waals surface area contributed by atoms with Crippen LogP contribution in [0.3, 0.4) is 0 Å². The van der Waals surface area contributed by atoms with Gasteiger partial charge >= 0.3 is 0 Å². The largest absolute Gasteiger partial charge is 0.357 e. The van der Waals surface area contributed by atoms with Crippen LogP contribution >= 0.6 is 11.6 Å². The summed E-state index contributed by atoms with van der Waals surface area (Å²) in [4.78, 5) is 8.18. The lowest BCUT2D eigenvalue weighted by molar-refractivity contribution is 0.628. The number of rotatable bonds is 2. The van der Waals surface area contributed by atoms with Gasteiger partial charge in [-0.15, -0.1) is 0 Å². The van der Waals surface area contributed by atoms with Crippen LogP contribution in [-0.2, 0) is 0 Å². The third-order valence-electron chi connectivity index (χ3n) is 2.04. The maximum absolute atomic E-state index is 13.2. The first kappa shape index (κ1) is 10.8. The van der Waals surface area contributed by atoms with E-state index in [2.05, 4.69) is 15.3 Å². The predicted octanol–water partition coefficient (Wildman–Crippen LogP) is 2.98. The van der Waals surface area contributed by atoms with E-state index in [1.165, 1.54) is 12.1 Å². The lowest BCUT2D eigenvalue weighted by Crippen LogP contribution is -1.96. The molecule has 0 aliphatic heterocycles. The van der Waals surface area contributed by atoms with Crippen molar-refractivity contribution in [3.05, 3.63) is 41.3 Å². The number of benzene rings is 1. The van der Waals surface area contributed by atoms with Gasteiger partial charge in [0, 0.05) is 23.8 Å². The van der Waals surface area contributed by atoms with E-state index < -0.39 is 0 Å². The second-order valence-electron chi connectivity index (χ2n) is 3.17. The first-order valence-corrected chi connectivity index (χ1v) is 5.04. The number of nitrogens with one attached hydrogen (secondary N) is 1. The monoisotopic (exact) mass is 237 g/mol. The molecule has 0 fully saturated rings. The Bertz CT molecular complexity index is 496. The molecule has 2 aromatic rings. The molecule has 0 spiro atoms. The van der Waals surface area contributed by atoms with Crippen molar-refractivity contribution in [2.75, 3.05) is 12.4 Å². The Morgan fingerprint density at radius 3 is 2.81 bits per heavy atom. The van der Waals surface area contributed by atoms with Crippen molar-refractivity contribution in [3.8, 4) is 11.3 Å². The molecule has 0 radical (unpaired) electrons. The fourth-order valence-electron chi connectivity index (χ4n) is 1.34. The summed E-state index contributed by atoms with van der Waals surface area (Å²) in [6.07, 6.45) is 1.60. The number of halogens is 2. The van der Waals surface area contributed by atoms with Crippen LogP contribution in [0.25, 0.3) is 11.3 Å². The molecule has 3 nitrogen and oxygen atoms in total. The molecule has 0 aliphatic rings. The topological polar surface area (TPSA) is 37.8 Å². The molecule has 0 atom stereocenters. The van der Waals surface area contributed by atoms with Gasteiger partial charge in [0.2, 0.25) is 5.95 Å². The van der Waals surface area contributed by atoms with Gasteiger partial charge in [-0.05, 0) is 24.3 Å². The van der Waals surface area contributed by atoms with E-state index in [0.717, 1.165) is 0 Å². The quantitative estimate of drug-likeness (QED) is 0.873. The molecule has 1 N–H and O–H groups in total. The zero-order valence-corrected chi connectivity index (χ0v) is 9.29. The molecule has 0 aliphatic carbocycles. The van der Waals surface area contributed by atoms with Crippen molar-refractivity contribution < 1.29 is 4.39 Å². The Hall–Kier alpha value is -1.68. The highest BCUT2D eigenvalue weighted by Gasteiger charge is 2.04. The van der Waals surface area contributed by atoms with Crippen LogP contribution in [0.15, 0.2) is 30.5 Å². The lowest BCUT2D eigenvalue weighted by atomic mass is 10.1. The summed E-state index contributed by atoms with van der Waals surface area (Å²) in [6, 6.07) is 6.00.